The van der Waals surface area contributed by atoms with Crippen LogP contribution in [0, 0.1) is 6.92 Å². The van der Waals surface area contributed by atoms with Crippen molar-refractivity contribution in [3.8, 4) is 22.3 Å². The van der Waals surface area contributed by atoms with Crippen LogP contribution < -0.4 is 0 Å². The first-order valence-corrected chi connectivity index (χ1v) is 7.89. The lowest BCUT2D eigenvalue weighted by molar-refractivity contribution is 0.660. The van der Waals surface area contributed by atoms with E-state index in [0.717, 1.165) is 0 Å². The zero-order chi connectivity index (χ0) is 15.3. The molecule has 3 aromatic rings. The van der Waals surface area contributed by atoms with E-state index in [4.69, 9.17) is 0 Å². The summed E-state index contributed by atoms with van der Waals surface area (Å²) in [4.78, 5) is 0. The first-order valence-electron chi connectivity index (χ1n) is 7.89. The van der Waals surface area contributed by atoms with Gasteiger partial charge >= 0.3 is 0 Å². The lowest BCUT2D eigenvalue weighted by atomic mass is 9.81. The Morgan fingerprint density at radius 1 is 0.636 bits per heavy atom. The van der Waals surface area contributed by atoms with Crippen molar-refractivity contribution in [1.82, 2.24) is 0 Å². The Bertz CT molecular complexity index is 854. The van der Waals surface area contributed by atoms with E-state index < -0.39 is 0 Å². The van der Waals surface area contributed by atoms with Crippen LogP contribution in [0.5, 0.6) is 0 Å². The lowest BCUT2D eigenvalue weighted by Gasteiger charge is -2.22. The Kier molecular flexibility index (Phi) is 2.77. The van der Waals surface area contributed by atoms with Crippen LogP contribution in [0.3, 0.4) is 0 Å². The normalized spacial score (nSPS) is 14.5. The first kappa shape index (κ1) is 13.3. The third-order valence-electron chi connectivity index (χ3n) is 4.94. The van der Waals surface area contributed by atoms with Crippen LogP contribution in [-0.2, 0) is 5.41 Å². The predicted molar refractivity (Wildman–Crippen MR) is 94.2 cm³/mol. The van der Waals surface area contributed by atoms with Crippen LogP contribution in [0.4, 0.5) is 0 Å². The monoisotopic (exact) mass is 284 g/mol. The second-order valence-corrected chi connectivity index (χ2v) is 6.80. The van der Waals surface area contributed by atoms with Crippen LogP contribution in [0.1, 0.15) is 30.5 Å². The van der Waals surface area contributed by atoms with Gasteiger partial charge in [-0.2, -0.15) is 0 Å². The van der Waals surface area contributed by atoms with Crippen molar-refractivity contribution in [1.29, 1.82) is 0 Å². The molecule has 4 rings (SSSR count). The molecular weight excluding hydrogens is 264 g/mol. The van der Waals surface area contributed by atoms with E-state index in [1.165, 1.54) is 38.9 Å². The smallest absolute Gasteiger partial charge is 0.0159 e. The Hall–Kier alpha value is -2.34. The fourth-order valence-corrected chi connectivity index (χ4v) is 3.68. The average Bonchev–Trinajstić information content (AvgIpc) is 2.75. The zero-order valence-corrected chi connectivity index (χ0v) is 13.4. The van der Waals surface area contributed by atoms with E-state index in [0.29, 0.717) is 0 Å². The number of rotatable bonds is 1. The Balaban J connectivity index is 1.94. The highest BCUT2D eigenvalue weighted by molar-refractivity contribution is 5.83. The summed E-state index contributed by atoms with van der Waals surface area (Å²) in [5.41, 5.74) is 9.67. The fraction of sp³-hybridized carbons (Fsp3) is 0.182. The van der Waals surface area contributed by atoms with E-state index in [1.807, 2.05) is 0 Å². The molecule has 0 saturated carbocycles. The van der Waals surface area contributed by atoms with Crippen LogP contribution in [0.2, 0.25) is 0 Å². The molecule has 0 fully saturated rings. The number of benzene rings is 3. The maximum absolute atomic E-state index is 2.38. The molecule has 0 saturated heterocycles. The molecule has 3 aromatic carbocycles. The molecule has 22 heavy (non-hydrogen) atoms. The second-order valence-electron chi connectivity index (χ2n) is 6.80. The maximum atomic E-state index is 2.38. The van der Waals surface area contributed by atoms with Gasteiger partial charge in [0.15, 0.2) is 0 Å². The third kappa shape index (κ3) is 1.84. The topological polar surface area (TPSA) is 0 Å². The van der Waals surface area contributed by atoms with Crippen molar-refractivity contribution in [2.75, 3.05) is 0 Å². The standard InChI is InChI=1S/C22H20/c1-15-9-12-20-19(13-15)18-11-10-17(14-21(18)22(20,2)3)16-7-5-4-6-8-16/h4-14H,1-3H3. The lowest BCUT2D eigenvalue weighted by Crippen LogP contribution is -2.15. The molecular formula is C22H20. The van der Waals surface area contributed by atoms with Gasteiger partial charge in [-0.15, -0.1) is 0 Å². The van der Waals surface area contributed by atoms with Crippen LogP contribution in [0.25, 0.3) is 22.3 Å². The number of aryl methyl sites for hydroxylation is 1. The minimum Gasteiger partial charge on any atom is -0.0622 e. The number of fused-ring (bicyclic) bond motifs is 3. The highest BCUT2D eigenvalue weighted by Gasteiger charge is 2.35. The molecule has 0 aliphatic heterocycles. The van der Waals surface area contributed by atoms with Crippen molar-refractivity contribution in [2.45, 2.75) is 26.2 Å². The van der Waals surface area contributed by atoms with E-state index in [9.17, 15) is 0 Å². The van der Waals surface area contributed by atoms with Crippen molar-refractivity contribution < 1.29 is 0 Å². The molecule has 108 valence electrons. The van der Waals surface area contributed by atoms with Gasteiger partial charge in [0.1, 0.15) is 0 Å². The van der Waals surface area contributed by atoms with E-state index >= 15 is 0 Å². The summed E-state index contributed by atoms with van der Waals surface area (Å²) in [6.45, 7) is 6.84. The molecule has 0 amide bonds. The molecule has 0 nitrogen and oxygen atoms in total. The molecule has 0 N–H and O–H groups in total. The van der Waals surface area contributed by atoms with Crippen molar-refractivity contribution in [3.05, 3.63) is 83.4 Å². The zero-order valence-electron chi connectivity index (χ0n) is 13.4. The summed E-state index contributed by atoms with van der Waals surface area (Å²) < 4.78 is 0. The predicted octanol–water partition coefficient (Wildman–Crippen LogP) is 5.97. The number of hydrogen-bond donors (Lipinski definition) is 0. The molecule has 1 aliphatic rings. The van der Waals surface area contributed by atoms with Gasteiger partial charge in [0.05, 0.1) is 0 Å². The summed E-state index contributed by atoms with van der Waals surface area (Å²) in [6, 6.07) is 24.4. The van der Waals surface area contributed by atoms with Gasteiger partial charge in [-0.1, -0.05) is 80.1 Å². The van der Waals surface area contributed by atoms with Gasteiger partial charge in [0, 0.05) is 5.41 Å². The molecule has 0 radical (unpaired) electrons. The molecule has 0 unspecified atom stereocenters. The van der Waals surface area contributed by atoms with Gasteiger partial charge in [-0.05, 0) is 46.4 Å². The summed E-state index contributed by atoms with van der Waals surface area (Å²) in [6.07, 6.45) is 0. The van der Waals surface area contributed by atoms with E-state index in [1.54, 1.807) is 0 Å². The van der Waals surface area contributed by atoms with E-state index in [-0.39, 0.29) is 5.41 Å². The fourth-order valence-electron chi connectivity index (χ4n) is 3.68. The Labute approximate surface area is 132 Å². The van der Waals surface area contributed by atoms with Gasteiger partial charge in [0.2, 0.25) is 0 Å². The first-order chi connectivity index (χ1) is 10.6. The second kappa shape index (κ2) is 4.58. The molecule has 1 aliphatic carbocycles. The molecule has 0 atom stereocenters. The van der Waals surface area contributed by atoms with Gasteiger partial charge in [-0.3, -0.25) is 0 Å². The number of hydrogen-bond acceptors (Lipinski definition) is 0. The summed E-state index contributed by atoms with van der Waals surface area (Å²) in [5.74, 6) is 0. The van der Waals surface area contributed by atoms with Crippen molar-refractivity contribution >= 4 is 0 Å². The van der Waals surface area contributed by atoms with Crippen LogP contribution in [0.15, 0.2) is 66.7 Å². The maximum Gasteiger partial charge on any atom is 0.0159 e. The SMILES string of the molecule is Cc1ccc2c(c1)-c1ccc(-c3ccccc3)cc1C2(C)C. The molecule has 0 spiro atoms. The van der Waals surface area contributed by atoms with Crippen LogP contribution >= 0.6 is 0 Å². The minimum absolute atomic E-state index is 0.0726. The molecule has 0 bridgehead atoms. The molecule has 0 aromatic heterocycles. The minimum atomic E-state index is 0.0726. The highest BCUT2D eigenvalue weighted by Crippen LogP contribution is 2.49. The molecule has 0 heterocycles. The summed E-state index contributed by atoms with van der Waals surface area (Å²) in [5, 5.41) is 0. The van der Waals surface area contributed by atoms with Gasteiger partial charge in [-0.25, -0.2) is 0 Å². The van der Waals surface area contributed by atoms with Gasteiger partial charge in [0.25, 0.3) is 0 Å². The summed E-state index contributed by atoms with van der Waals surface area (Å²) >= 11 is 0. The largest absolute Gasteiger partial charge is 0.0622 e. The van der Waals surface area contributed by atoms with Crippen molar-refractivity contribution in [2.24, 2.45) is 0 Å². The Morgan fingerprint density at radius 3 is 2.18 bits per heavy atom. The summed E-state index contributed by atoms with van der Waals surface area (Å²) in [7, 11) is 0. The average molecular weight is 284 g/mol. The Morgan fingerprint density at radius 2 is 1.41 bits per heavy atom. The molecule has 0 heteroatoms. The van der Waals surface area contributed by atoms with Crippen LogP contribution in [-0.4, -0.2) is 0 Å². The van der Waals surface area contributed by atoms with Gasteiger partial charge < -0.3 is 0 Å². The quantitative estimate of drug-likeness (QED) is 0.516. The highest BCUT2D eigenvalue weighted by atomic mass is 14.4. The third-order valence-corrected chi connectivity index (χ3v) is 4.94. The van der Waals surface area contributed by atoms with Crippen molar-refractivity contribution in [3.63, 3.8) is 0 Å². The van der Waals surface area contributed by atoms with E-state index in [2.05, 4.69) is 87.5 Å².